The number of carbonyl (C=O) groups excluding carboxylic acids is 4. The number of hydrogen-bond donors (Lipinski definition) is 3. The van der Waals surface area contributed by atoms with Gasteiger partial charge in [-0.05, 0) is 141 Å². The van der Waals surface area contributed by atoms with E-state index in [1.165, 1.54) is 122 Å². The highest BCUT2D eigenvalue weighted by Crippen LogP contribution is 2.45. The number of carbonyl (C=O) groups is 4. The molecule has 0 aliphatic carbocycles. The molecule has 0 aromatic heterocycles. The van der Waals surface area contributed by atoms with E-state index < -0.39 is 97.5 Å². The summed E-state index contributed by atoms with van der Waals surface area (Å²) in [5.41, 5.74) is 0. The molecule has 0 rings (SSSR count). The van der Waals surface area contributed by atoms with Gasteiger partial charge in [0.05, 0.1) is 26.4 Å². The van der Waals surface area contributed by atoms with Crippen molar-refractivity contribution in [3.05, 3.63) is 97.2 Å². The van der Waals surface area contributed by atoms with Gasteiger partial charge in [0.1, 0.15) is 19.3 Å². The van der Waals surface area contributed by atoms with Crippen LogP contribution in [-0.4, -0.2) is 96.7 Å². The van der Waals surface area contributed by atoms with Gasteiger partial charge >= 0.3 is 39.5 Å². The van der Waals surface area contributed by atoms with Crippen molar-refractivity contribution in [1.29, 1.82) is 0 Å². The molecule has 0 aromatic carbocycles. The van der Waals surface area contributed by atoms with Gasteiger partial charge in [0.25, 0.3) is 0 Å². The summed E-state index contributed by atoms with van der Waals surface area (Å²) in [4.78, 5) is 73.1. The number of ether oxygens (including phenoxy) is 4. The summed E-state index contributed by atoms with van der Waals surface area (Å²) in [6.45, 7) is 4.77. The van der Waals surface area contributed by atoms with E-state index in [0.717, 1.165) is 154 Å². The zero-order chi connectivity index (χ0) is 76.0. The summed E-state index contributed by atoms with van der Waals surface area (Å²) < 4.78 is 68.6. The van der Waals surface area contributed by atoms with E-state index in [-0.39, 0.29) is 25.7 Å². The minimum absolute atomic E-state index is 0.0284. The largest absolute Gasteiger partial charge is 0.472 e. The fraction of sp³-hybridized carbons (Fsp3) is 0.765. The number of aliphatic hydroxyl groups is 1. The number of aliphatic hydroxyl groups excluding tert-OH is 1. The lowest BCUT2D eigenvalue weighted by Crippen LogP contribution is -2.30. The predicted octanol–water partition coefficient (Wildman–Crippen LogP) is 24.3. The van der Waals surface area contributed by atoms with Crippen LogP contribution in [0.15, 0.2) is 97.2 Å². The molecule has 0 aromatic rings. The molecule has 0 saturated heterocycles. The molecule has 602 valence electrons. The summed E-state index contributed by atoms with van der Waals surface area (Å²) in [7, 11) is -9.98. The number of rotatable bonds is 78. The summed E-state index contributed by atoms with van der Waals surface area (Å²) in [5.74, 6) is -2.27. The fourth-order valence-corrected chi connectivity index (χ4v) is 12.7. The van der Waals surface area contributed by atoms with Crippen LogP contribution in [0.4, 0.5) is 0 Å². The maximum absolute atomic E-state index is 13.1. The van der Waals surface area contributed by atoms with Crippen LogP contribution >= 0.6 is 15.6 Å². The number of allylic oxidation sites excluding steroid dienone is 16. The van der Waals surface area contributed by atoms with Gasteiger partial charge in [0.2, 0.25) is 0 Å². The topological polar surface area (TPSA) is 237 Å². The summed E-state index contributed by atoms with van der Waals surface area (Å²) in [6, 6.07) is 0. The third-order valence-corrected chi connectivity index (χ3v) is 19.4. The number of phosphoric acid groups is 2. The maximum Gasteiger partial charge on any atom is 0.472 e. The van der Waals surface area contributed by atoms with Gasteiger partial charge in [0.15, 0.2) is 12.2 Å². The first-order valence-corrected chi connectivity index (χ1v) is 44.5. The quantitative estimate of drug-likeness (QED) is 0.0169. The zero-order valence-electron chi connectivity index (χ0n) is 65.9. The second-order valence-corrected chi connectivity index (χ2v) is 30.6. The van der Waals surface area contributed by atoms with Crippen molar-refractivity contribution >= 4 is 39.5 Å². The summed E-state index contributed by atoms with van der Waals surface area (Å²) in [5, 5.41) is 10.7. The molecule has 0 radical (unpaired) electrons. The van der Waals surface area contributed by atoms with E-state index in [2.05, 4.69) is 107 Å². The third kappa shape index (κ3) is 76.2. The van der Waals surface area contributed by atoms with Crippen molar-refractivity contribution in [2.75, 3.05) is 39.6 Å². The lowest BCUT2D eigenvalue weighted by atomic mass is 10.1. The van der Waals surface area contributed by atoms with E-state index >= 15 is 0 Å². The molecule has 3 N–H and O–H groups in total. The minimum Gasteiger partial charge on any atom is -0.462 e. The molecule has 0 aliphatic heterocycles. The molecule has 0 bridgehead atoms. The van der Waals surface area contributed by atoms with Crippen LogP contribution in [0.25, 0.3) is 0 Å². The highest BCUT2D eigenvalue weighted by Gasteiger charge is 2.30. The Kier molecular flexibility index (Phi) is 74.2. The number of unbranched alkanes of at least 4 members (excludes halogenated alkanes) is 36. The lowest BCUT2D eigenvalue weighted by molar-refractivity contribution is -0.161. The van der Waals surface area contributed by atoms with Crippen LogP contribution in [0.3, 0.4) is 0 Å². The van der Waals surface area contributed by atoms with Crippen molar-refractivity contribution < 1.29 is 80.2 Å². The average Bonchev–Trinajstić information content (AvgIpc) is 0.943. The average molecular weight is 1510 g/mol. The molecule has 2 unspecified atom stereocenters. The maximum atomic E-state index is 13.1. The van der Waals surface area contributed by atoms with Gasteiger partial charge in [0, 0.05) is 25.7 Å². The van der Waals surface area contributed by atoms with Gasteiger partial charge in [-0.3, -0.25) is 37.3 Å². The summed E-state index contributed by atoms with van der Waals surface area (Å²) >= 11 is 0. The van der Waals surface area contributed by atoms with Crippen LogP contribution in [0.1, 0.15) is 362 Å². The van der Waals surface area contributed by atoms with Crippen LogP contribution < -0.4 is 0 Å². The molecule has 0 heterocycles. The first kappa shape index (κ1) is 100.0. The van der Waals surface area contributed by atoms with Gasteiger partial charge in [-0.25, -0.2) is 9.13 Å². The zero-order valence-corrected chi connectivity index (χ0v) is 67.7. The molecule has 0 aliphatic rings. The Labute approximate surface area is 633 Å². The van der Waals surface area contributed by atoms with Crippen molar-refractivity contribution in [3.63, 3.8) is 0 Å². The first-order valence-electron chi connectivity index (χ1n) is 41.5. The van der Waals surface area contributed by atoms with Gasteiger partial charge in [-0.1, -0.05) is 292 Å². The van der Waals surface area contributed by atoms with E-state index in [1.807, 2.05) is 18.2 Å². The van der Waals surface area contributed by atoms with Gasteiger partial charge in [-0.2, -0.15) is 0 Å². The Morgan fingerprint density at radius 3 is 0.808 bits per heavy atom. The molecule has 5 atom stereocenters. The number of phosphoric ester groups is 2. The Bertz CT molecular complexity index is 2350. The highest BCUT2D eigenvalue weighted by molar-refractivity contribution is 7.47. The SMILES string of the molecule is CCCCC/C=C\C/C=C\C/C=C\C/C=C\C/C=C\CCC(=O)O[C@H](COC(=O)CCCCCCCCC/C=C\CCCCCC)COP(=O)(O)OC[C@@H](O)COP(=O)(O)OC[C@@H](COC(=O)CCCCCCCCC/C=C\CCCCCC)OC(=O)CCCCCCCCC/C=C\CCCCCC. The van der Waals surface area contributed by atoms with Crippen molar-refractivity contribution in [2.24, 2.45) is 0 Å². The normalized spacial score (nSPS) is 14.3. The second-order valence-electron chi connectivity index (χ2n) is 27.7. The smallest absolute Gasteiger partial charge is 0.462 e. The fourth-order valence-electron chi connectivity index (χ4n) is 11.1. The van der Waals surface area contributed by atoms with Crippen molar-refractivity contribution in [1.82, 2.24) is 0 Å². The third-order valence-electron chi connectivity index (χ3n) is 17.5. The molecule has 0 amide bonds. The Balaban J connectivity index is 5.42. The standard InChI is InChI=1S/C85H150O17P2/c1-5-9-13-17-21-25-29-33-37-38-39-40-44-48-52-56-60-64-68-72-85(90)102-81(76-96-83(88)70-66-62-58-54-50-46-42-35-31-27-23-19-15-11-7-3)78-100-104(93,94)98-74-79(86)73-97-103(91,92)99-77-80(101-84(89)71-67-63-59-55-51-47-43-36-32-28-24-20-16-12-8-4)75-95-82(87)69-65-61-57-53-49-45-41-34-30-26-22-18-14-10-6-2/h21,25-28,30-33,37,39-40,48,52,60,64,79-81,86H,5-20,22-24,29,34-36,38,41-47,49-51,53-59,61-63,65-78H2,1-4H3,(H,91,92)(H,93,94)/b25-21-,30-26-,31-27-,32-28-,37-33-,40-39-,52-48-,64-60-/t79-,80+,81+/m0/s1. The van der Waals surface area contributed by atoms with Crippen molar-refractivity contribution in [2.45, 2.75) is 380 Å². The molecule has 0 saturated carbocycles. The second kappa shape index (κ2) is 77.1. The Hall–Kier alpha value is -4.02. The Morgan fingerprint density at radius 1 is 0.269 bits per heavy atom. The molecule has 19 heteroatoms. The minimum atomic E-state index is -5.00. The van der Waals surface area contributed by atoms with E-state index in [9.17, 15) is 43.2 Å². The van der Waals surface area contributed by atoms with Gasteiger partial charge < -0.3 is 33.8 Å². The monoisotopic (exact) mass is 1510 g/mol. The van der Waals surface area contributed by atoms with E-state index in [1.54, 1.807) is 0 Å². The Morgan fingerprint density at radius 2 is 0.490 bits per heavy atom. The predicted molar refractivity (Wildman–Crippen MR) is 427 cm³/mol. The van der Waals surface area contributed by atoms with E-state index in [0.29, 0.717) is 32.1 Å². The highest BCUT2D eigenvalue weighted by atomic mass is 31.2. The molecular weight excluding hydrogens is 1350 g/mol. The number of esters is 4. The van der Waals surface area contributed by atoms with Crippen molar-refractivity contribution in [3.8, 4) is 0 Å². The van der Waals surface area contributed by atoms with E-state index in [4.69, 9.17) is 37.0 Å². The van der Waals surface area contributed by atoms with Gasteiger partial charge in [-0.15, -0.1) is 0 Å². The molecular formula is C85H150O17P2. The van der Waals surface area contributed by atoms with Crippen LogP contribution in [0.5, 0.6) is 0 Å². The molecule has 0 fully saturated rings. The molecule has 17 nitrogen and oxygen atoms in total. The first-order chi connectivity index (χ1) is 50.7. The van der Waals surface area contributed by atoms with Crippen LogP contribution in [0.2, 0.25) is 0 Å². The summed E-state index contributed by atoms with van der Waals surface area (Å²) in [6.07, 6.45) is 82.4. The number of hydrogen-bond acceptors (Lipinski definition) is 15. The molecule has 0 spiro atoms. The molecule has 104 heavy (non-hydrogen) atoms. The lowest BCUT2D eigenvalue weighted by Gasteiger charge is -2.21. The van der Waals surface area contributed by atoms with Crippen LogP contribution in [-0.2, 0) is 65.4 Å². The van der Waals surface area contributed by atoms with Crippen LogP contribution in [0, 0.1) is 0 Å².